The zero-order valence-corrected chi connectivity index (χ0v) is 11.3. The Morgan fingerprint density at radius 2 is 1.95 bits per heavy atom. The summed E-state index contributed by atoms with van der Waals surface area (Å²) in [6, 6.07) is 10.5. The third kappa shape index (κ3) is 2.95. The quantitative estimate of drug-likeness (QED) is 0.480. The molecule has 0 bridgehead atoms. The number of benzene rings is 2. The van der Waals surface area contributed by atoms with Gasteiger partial charge in [-0.3, -0.25) is 14.9 Å². The number of Topliss-reactive ketones (excluding diaryl/α,β-unsaturated/α-hetero) is 1. The summed E-state index contributed by atoms with van der Waals surface area (Å²) in [5.74, 6) is 0.283. The fourth-order valence-electron chi connectivity index (χ4n) is 1.67. The van der Waals surface area contributed by atoms with Gasteiger partial charge in [0.05, 0.1) is 9.95 Å². The van der Waals surface area contributed by atoms with Crippen molar-refractivity contribution in [1.82, 2.24) is 0 Å². The SMILES string of the molecule is CC(=O)c1ccc(Oc2ccccc2[N+](=O)[O-])cc1Cl. The normalized spacial score (nSPS) is 10.1. The Bertz CT molecular complexity index is 685. The lowest BCUT2D eigenvalue weighted by atomic mass is 10.1. The van der Waals surface area contributed by atoms with Crippen molar-refractivity contribution in [1.29, 1.82) is 0 Å². The highest BCUT2D eigenvalue weighted by Gasteiger charge is 2.15. The van der Waals surface area contributed by atoms with Crippen molar-refractivity contribution in [3.05, 3.63) is 63.2 Å². The highest BCUT2D eigenvalue weighted by atomic mass is 35.5. The summed E-state index contributed by atoms with van der Waals surface area (Å²) in [7, 11) is 0. The molecule has 20 heavy (non-hydrogen) atoms. The van der Waals surface area contributed by atoms with E-state index in [4.69, 9.17) is 16.3 Å². The van der Waals surface area contributed by atoms with Crippen LogP contribution >= 0.6 is 11.6 Å². The summed E-state index contributed by atoms with van der Waals surface area (Å²) in [6.07, 6.45) is 0. The molecule has 0 unspecified atom stereocenters. The van der Waals surface area contributed by atoms with Crippen LogP contribution in [0.2, 0.25) is 5.02 Å². The number of nitrogens with zero attached hydrogens (tertiary/aromatic N) is 1. The van der Waals surface area contributed by atoms with Gasteiger partial charge in [0.2, 0.25) is 5.75 Å². The summed E-state index contributed by atoms with van der Waals surface area (Å²) in [6.45, 7) is 1.41. The van der Waals surface area contributed by atoms with E-state index in [-0.39, 0.29) is 22.2 Å². The monoisotopic (exact) mass is 291 g/mol. The summed E-state index contributed by atoms with van der Waals surface area (Å²) in [5, 5.41) is 11.1. The minimum Gasteiger partial charge on any atom is -0.450 e. The maximum Gasteiger partial charge on any atom is 0.311 e. The average Bonchev–Trinajstić information content (AvgIpc) is 2.38. The van der Waals surface area contributed by atoms with Gasteiger partial charge in [0, 0.05) is 17.7 Å². The highest BCUT2D eigenvalue weighted by molar-refractivity contribution is 6.34. The van der Waals surface area contributed by atoms with Crippen LogP contribution in [0.4, 0.5) is 5.69 Å². The van der Waals surface area contributed by atoms with E-state index in [1.807, 2.05) is 0 Å². The maximum absolute atomic E-state index is 11.3. The third-order valence-corrected chi connectivity index (χ3v) is 2.92. The van der Waals surface area contributed by atoms with Crippen LogP contribution in [0.3, 0.4) is 0 Å². The molecule has 0 saturated heterocycles. The molecule has 5 nitrogen and oxygen atoms in total. The number of rotatable bonds is 4. The van der Waals surface area contributed by atoms with Gasteiger partial charge in [0.15, 0.2) is 5.78 Å². The van der Waals surface area contributed by atoms with Crippen LogP contribution in [0.5, 0.6) is 11.5 Å². The van der Waals surface area contributed by atoms with E-state index in [0.717, 1.165) is 0 Å². The van der Waals surface area contributed by atoms with E-state index >= 15 is 0 Å². The zero-order chi connectivity index (χ0) is 14.7. The Labute approximate surface area is 119 Å². The lowest BCUT2D eigenvalue weighted by molar-refractivity contribution is -0.385. The highest BCUT2D eigenvalue weighted by Crippen LogP contribution is 2.32. The molecule has 2 aromatic rings. The first-order chi connectivity index (χ1) is 9.49. The number of nitro groups is 1. The summed E-state index contributed by atoms with van der Waals surface area (Å²) in [5.41, 5.74) is 0.237. The first-order valence-corrected chi connectivity index (χ1v) is 6.08. The van der Waals surface area contributed by atoms with E-state index in [0.29, 0.717) is 11.3 Å². The Balaban J connectivity index is 2.34. The Kier molecular flexibility index (Phi) is 4.00. The van der Waals surface area contributed by atoms with Gasteiger partial charge in [-0.25, -0.2) is 0 Å². The standard InChI is InChI=1S/C14H10ClNO4/c1-9(17)11-7-6-10(8-12(11)15)20-14-5-3-2-4-13(14)16(18)19/h2-8H,1H3. The largest absolute Gasteiger partial charge is 0.450 e. The van der Waals surface area contributed by atoms with Crippen LogP contribution < -0.4 is 4.74 Å². The third-order valence-electron chi connectivity index (χ3n) is 2.61. The molecule has 0 aromatic heterocycles. The number of hydrogen-bond acceptors (Lipinski definition) is 4. The predicted octanol–water partition coefficient (Wildman–Crippen LogP) is 4.24. The minimum absolute atomic E-state index is 0.115. The lowest BCUT2D eigenvalue weighted by Gasteiger charge is -2.07. The number of halogens is 1. The van der Waals surface area contributed by atoms with Crippen molar-refractivity contribution < 1.29 is 14.5 Å². The molecular weight excluding hydrogens is 282 g/mol. The number of nitro benzene ring substituents is 1. The maximum atomic E-state index is 11.3. The van der Waals surface area contributed by atoms with E-state index in [9.17, 15) is 14.9 Å². The smallest absolute Gasteiger partial charge is 0.311 e. The molecule has 0 aliphatic carbocycles. The molecule has 0 N–H and O–H groups in total. The van der Waals surface area contributed by atoms with E-state index < -0.39 is 4.92 Å². The molecule has 0 radical (unpaired) electrons. The van der Waals surface area contributed by atoms with Crippen LogP contribution in [0.25, 0.3) is 0 Å². The molecule has 6 heteroatoms. The molecule has 2 rings (SSSR count). The lowest BCUT2D eigenvalue weighted by Crippen LogP contribution is -1.95. The Morgan fingerprint density at radius 1 is 1.25 bits per heavy atom. The summed E-state index contributed by atoms with van der Waals surface area (Å²) < 4.78 is 5.45. The van der Waals surface area contributed by atoms with Crippen LogP contribution in [0.15, 0.2) is 42.5 Å². The van der Waals surface area contributed by atoms with Gasteiger partial charge < -0.3 is 4.74 Å². The fourth-order valence-corrected chi connectivity index (χ4v) is 1.97. The topological polar surface area (TPSA) is 69.4 Å². The number of ketones is 1. The molecular formula is C14H10ClNO4. The molecule has 0 spiro atoms. The second kappa shape index (κ2) is 5.71. The molecule has 102 valence electrons. The molecule has 0 aliphatic rings. The molecule has 0 heterocycles. The Hall–Kier alpha value is -2.40. The van der Waals surface area contributed by atoms with Crippen molar-refractivity contribution in [2.75, 3.05) is 0 Å². The van der Waals surface area contributed by atoms with Crippen LogP contribution in [0, 0.1) is 10.1 Å². The molecule has 0 fully saturated rings. The van der Waals surface area contributed by atoms with Gasteiger partial charge in [0.1, 0.15) is 5.75 Å². The van der Waals surface area contributed by atoms with Crippen molar-refractivity contribution >= 4 is 23.1 Å². The first kappa shape index (κ1) is 14.0. The number of hydrogen-bond donors (Lipinski definition) is 0. The molecule has 0 saturated carbocycles. The fraction of sp³-hybridized carbons (Fsp3) is 0.0714. The van der Waals surface area contributed by atoms with Gasteiger partial charge in [-0.2, -0.15) is 0 Å². The van der Waals surface area contributed by atoms with E-state index in [1.54, 1.807) is 18.2 Å². The van der Waals surface area contributed by atoms with E-state index in [2.05, 4.69) is 0 Å². The summed E-state index contributed by atoms with van der Waals surface area (Å²) in [4.78, 5) is 21.6. The van der Waals surface area contributed by atoms with Crippen molar-refractivity contribution in [2.24, 2.45) is 0 Å². The Morgan fingerprint density at radius 3 is 2.55 bits per heavy atom. The first-order valence-electron chi connectivity index (χ1n) is 5.71. The second-order valence-corrected chi connectivity index (χ2v) is 4.43. The second-order valence-electron chi connectivity index (χ2n) is 4.02. The van der Waals surface area contributed by atoms with Crippen LogP contribution in [-0.4, -0.2) is 10.7 Å². The van der Waals surface area contributed by atoms with Crippen LogP contribution in [-0.2, 0) is 0 Å². The number of para-hydroxylation sites is 2. The molecule has 0 atom stereocenters. The average molecular weight is 292 g/mol. The van der Waals surface area contributed by atoms with Crippen molar-refractivity contribution in [2.45, 2.75) is 6.92 Å². The predicted molar refractivity (Wildman–Crippen MR) is 74.6 cm³/mol. The van der Waals surface area contributed by atoms with Gasteiger partial charge in [-0.1, -0.05) is 23.7 Å². The van der Waals surface area contributed by atoms with E-state index in [1.165, 1.54) is 31.2 Å². The van der Waals surface area contributed by atoms with Gasteiger partial charge >= 0.3 is 5.69 Å². The van der Waals surface area contributed by atoms with Gasteiger partial charge in [-0.05, 0) is 25.1 Å². The number of ether oxygens (including phenoxy) is 1. The minimum atomic E-state index is -0.527. The number of carbonyl (C=O) groups excluding carboxylic acids is 1. The summed E-state index contributed by atoms with van der Waals surface area (Å²) >= 11 is 5.96. The molecule has 0 amide bonds. The zero-order valence-electron chi connectivity index (χ0n) is 10.5. The van der Waals surface area contributed by atoms with Crippen LogP contribution in [0.1, 0.15) is 17.3 Å². The van der Waals surface area contributed by atoms with Crippen molar-refractivity contribution in [3.8, 4) is 11.5 Å². The van der Waals surface area contributed by atoms with Crippen molar-refractivity contribution in [3.63, 3.8) is 0 Å². The molecule has 2 aromatic carbocycles. The van der Waals surface area contributed by atoms with Gasteiger partial charge in [-0.15, -0.1) is 0 Å². The molecule has 0 aliphatic heterocycles. The number of carbonyl (C=O) groups is 1. The van der Waals surface area contributed by atoms with Gasteiger partial charge in [0.25, 0.3) is 0 Å².